The summed E-state index contributed by atoms with van der Waals surface area (Å²) >= 11 is 1.36. The summed E-state index contributed by atoms with van der Waals surface area (Å²) in [6.45, 7) is 0.650. The number of fused-ring (bicyclic) bond motifs is 1. The zero-order chi connectivity index (χ0) is 18.7. The quantitative estimate of drug-likeness (QED) is 0.613. The maximum Gasteiger partial charge on any atom is 0.387 e. The van der Waals surface area contributed by atoms with Gasteiger partial charge in [0.15, 0.2) is 11.5 Å². The van der Waals surface area contributed by atoms with E-state index in [2.05, 4.69) is 14.8 Å². The van der Waals surface area contributed by atoms with Gasteiger partial charge in [0, 0.05) is 5.56 Å². The fourth-order valence-corrected chi connectivity index (χ4v) is 3.18. The largest absolute Gasteiger partial charge is 0.490 e. The van der Waals surface area contributed by atoms with Crippen LogP contribution >= 0.6 is 11.3 Å². The molecule has 3 rings (SSSR count). The van der Waals surface area contributed by atoms with Crippen LogP contribution in [0.2, 0.25) is 0 Å². The Labute approximate surface area is 151 Å². The van der Waals surface area contributed by atoms with Crippen molar-refractivity contribution in [1.29, 1.82) is 0 Å². The lowest BCUT2D eigenvalue weighted by molar-refractivity contribution is -0.0515. The van der Waals surface area contributed by atoms with Gasteiger partial charge in [0.1, 0.15) is 10.7 Å². The summed E-state index contributed by atoms with van der Waals surface area (Å²) in [5, 5.41) is 6.33. The molecule has 0 fully saturated rings. The molecule has 136 valence electrons. The van der Waals surface area contributed by atoms with E-state index >= 15 is 0 Å². The predicted octanol–water partition coefficient (Wildman–Crippen LogP) is 3.65. The van der Waals surface area contributed by atoms with Gasteiger partial charge in [-0.1, -0.05) is 6.07 Å². The summed E-state index contributed by atoms with van der Waals surface area (Å²) in [7, 11) is 0. The summed E-state index contributed by atoms with van der Waals surface area (Å²) in [5.41, 5.74) is -0.0738. The maximum absolute atomic E-state index is 12.8. The van der Waals surface area contributed by atoms with Crippen molar-refractivity contribution in [2.45, 2.75) is 20.5 Å². The maximum atomic E-state index is 12.8. The number of para-hydroxylation sites is 1. The summed E-state index contributed by atoms with van der Waals surface area (Å²) in [4.78, 5) is 17.4. The van der Waals surface area contributed by atoms with Crippen LogP contribution in [0.15, 0.2) is 39.5 Å². The van der Waals surface area contributed by atoms with Crippen molar-refractivity contribution in [3.8, 4) is 11.5 Å². The molecule has 0 saturated carbocycles. The van der Waals surface area contributed by atoms with Crippen molar-refractivity contribution in [3.63, 3.8) is 0 Å². The van der Waals surface area contributed by atoms with E-state index in [1.165, 1.54) is 23.6 Å². The number of aryl methyl sites for hydroxylation is 1. The molecule has 0 amide bonds. The Hall–Kier alpha value is -2.81. The Morgan fingerprint density at radius 3 is 2.92 bits per heavy atom. The first-order valence-electron chi connectivity index (χ1n) is 7.73. The highest BCUT2D eigenvalue weighted by molar-refractivity contribution is 7.16. The smallest absolute Gasteiger partial charge is 0.387 e. The number of alkyl halides is 2. The third-order valence-corrected chi connectivity index (χ3v) is 4.27. The van der Waals surface area contributed by atoms with Gasteiger partial charge in [-0.25, -0.2) is 4.98 Å². The minimum absolute atomic E-state index is 0.136. The van der Waals surface area contributed by atoms with E-state index in [-0.39, 0.29) is 29.2 Å². The molecular weight excluding hydrogens is 364 g/mol. The fraction of sp³-hybridized carbons (Fsp3) is 0.235. The molecule has 0 aliphatic heterocycles. The Morgan fingerprint density at radius 2 is 2.19 bits per heavy atom. The molecule has 0 unspecified atom stereocenters. The Balaban J connectivity index is 2.06. The van der Waals surface area contributed by atoms with Gasteiger partial charge < -0.3 is 9.47 Å². The van der Waals surface area contributed by atoms with E-state index < -0.39 is 6.61 Å². The molecular formula is C17H15F2N3O3S. The second-order valence-electron chi connectivity index (χ2n) is 5.15. The van der Waals surface area contributed by atoms with Crippen LogP contribution in [0.1, 0.15) is 18.3 Å². The second-order valence-corrected chi connectivity index (χ2v) is 6.04. The molecule has 3 aromatic rings. The molecule has 2 aromatic heterocycles. The van der Waals surface area contributed by atoms with Crippen LogP contribution in [0.4, 0.5) is 8.78 Å². The molecule has 0 aliphatic rings. The topological polar surface area (TPSA) is 65.7 Å². The van der Waals surface area contributed by atoms with Gasteiger partial charge >= 0.3 is 6.61 Å². The molecule has 26 heavy (non-hydrogen) atoms. The first-order valence-corrected chi connectivity index (χ1v) is 8.61. The van der Waals surface area contributed by atoms with Crippen molar-refractivity contribution in [2.75, 3.05) is 6.61 Å². The first-order chi connectivity index (χ1) is 12.5. The van der Waals surface area contributed by atoms with Crippen molar-refractivity contribution < 1.29 is 18.3 Å². The molecule has 9 heteroatoms. The number of hydrogen-bond acceptors (Lipinski definition) is 6. The van der Waals surface area contributed by atoms with Crippen LogP contribution in [0.5, 0.6) is 11.5 Å². The Kier molecular flexibility index (Phi) is 5.27. The van der Waals surface area contributed by atoms with Crippen molar-refractivity contribution >= 4 is 27.8 Å². The SMILES string of the molecule is CCOc1cccc(/C=N\n2c(C)nc3sccc3c2=O)c1OC(F)F. The van der Waals surface area contributed by atoms with Gasteiger partial charge in [-0.3, -0.25) is 4.79 Å². The van der Waals surface area contributed by atoms with E-state index in [4.69, 9.17) is 4.74 Å². The highest BCUT2D eigenvalue weighted by Gasteiger charge is 2.15. The zero-order valence-electron chi connectivity index (χ0n) is 14.0. The minimum Gasteiger partial charge on any atom is -0.490 e. The fourth-order valence-electron chi connectivity index (χ4n) is 2.38. The number of rotatable bonds is 6. The number of thiophene rings is 1. The van der Waals surface area contributed by atoms with Crippen LogP contribution in [-0.2, 0) is 0 Å². The molecule has 0 radical (unpaired) electrons. The van der Waals surface area contributed by atoms with Gasteiger partial charge in [-0.05, 0) is 37.4 Å². The molecule has 0 bridgehead atoms. The molecule has 0 N–H and O–H groups in total. The summed E-state index contributed by atoms with van der Waals surface area (Å²) in [6.07, 6.45) is 1.27. The standard InChI is InChI=1S/C17H15F2N3O3S/c1-3-24-13-6-4-5-11(14(13)25-17(18)19)9-20-22-10(2)21-15-12(16(22)23)7-8-26-15/h4-9,17H,3H2,1-2H3/b20-9-. The average Bonchev–Trinajstić information content (AvgIpc) is 3.05. The van der Waals surface area contributed by atoms with E-state index in [1.807, 2.05) is 0 Å². The van der Waals surface area contributed by atoms with E-state index in [0.717, 1.165) is 4.68 Å². The minimum atomic E-state index is -3.02. The average molecular weight is 379 g/mol. The second kappa shape index (κ2) is 7.61. The van der Waals surface area contributed by atoms with E-state index in [9.17, 15) is 13.6 Å². The lowest BCUT2D eigenvalue weighted by Gasteiger charge is -2.13. The van der Waals surface area contributed by atoms with E-state index in [0.29, 0.717) is 16.0 Å². The molecule has 6 nitrogen and oxygen atoms in total. The molecule has 0 spiro atoms. The van der Waals surface area contributed by atoms with Crippen LogP contribution in [0, 0.1) is 6.92 Å². The summed E-state index contributed by atoms with van der Waals surface area (Å²) < 4.78 is 36.6. The Bertz CT molecular complexity index is 1010. The van der Waals surface area contributed by atoms with Crippen molar-refractivity contribution in [3.05, 3.63) is 51.4 Å². The normalized spacial score (nSPS) is 11.6. The zero-order valence-corrected chi connectivity index (χ0v) is 14.8. The van der Waals surface area contributed by atoms with Gasteiger partial charge in [0.2, 0.25) is 0 Å². The van der Waals surface area contributed by atoms with Crippen LogP contribution in [0.3, 0.4) is 0 Å². The van der Waals surface area contributed by atoms with Crippen molar-refractivity contribution in [2.24, 2.45) is 5.10 Å². The van der Waals surface area contributed by atoms with Crippen molar-refractivity contribution in [1.82, 2.24) is 9.66 Å². The predicted molar refractivity (Wildman–Crippen MR) is 95.9 cm³/mol. The monoisotopic (exact) mass is 379 g/mol. The summed E-state index contributed by atoms with van der Waals surface area (Å²) in [6, 6.07) is 6.36. The van der Waals surface area contributed by atoms with Crippen LogP contribution < -0.4 is 15.0 Å². The third-order valence-electron chi connectivity index (χ3n) is 3.47. The number of halogens is 2. The first kappa shape index (κ1) is 18.0. The lowest BCUT2D eigenvalue weighted by atomic mass is 10.2. The number of benzene rings is 1. The highest BCUT2D eigenvalue weighted by atomic mass is 32.1. The Morgan fingerprint density at radius 1 is 1.38 bits per heavy atom. The molecule has 0 atom stereocenters. The van der Waals surface area contributed by atoms with Gasteiger partial charge in [-0.2, -0.15) is 18.6 Å². The number of aromatic nitrogens is 2. The number of nitrogens with zero attached hydrogens (tertiary/aromatic N) is 3. The lowest BCUT2D eigenvalue weighted by Crippen LogP contribution is -2.20. The third kappa shape index (κ3) is 3.57. The molecule has 2 heterocycles. The summed E-state index contributed by atoms with van der Waals surface area (Å²) in [5.74, 6) is 0.425. The molecule has 1 aromatic carbocycles. The molecule has 0 aliphatic carbocycles. The van der Waals surface area contributed by atoms with Gasteiger partial charge in [-0.15, -0.1) is 11.3 Å². The van der Waals surface area contributed by atoms with Gasteiger partial charge in [0.25, 0.3) is 5.56 Å². The van der Waals surface area contributed by atoms with Crippen LogP contribution in [-0.4, -0.2) is 29.1 Å². The highest BCUT2D eigenvalue weighted by Crippen LogP contribution is 2.31. The van der Waals surface area contributed by atoms with Crippen LogP contribution in [0.25, 0.3) is 10.2 Å². The van der Waals surface area contributed by atoms with E-state index in [1.54, 1.807) is 37.4 Å². The molecule has 0 saturated heterocycles. The number of hydrogen-bond donors (Lipinski definition) is 0. The van der Waals surface area contributed by atoms with Gasteiger partial charge in [0.05, 0.1) is 18.2 Å². The number of ether oxygens (including phenoxy) is 2.